The highest BCUT2D eigenvalue weighted by Crippen LogP contribution is 2.27. The van der Waals surface area contributed by atoms with E-state index in [-0.39, 0.29) is 18.3 Å². The average molecular weight is 361 g/mol. The van der Waals surface area contributed by atoms with Crippen molar-refractivity contribution in [3.05, 3.63) is 59.7 Å². The minimum atomic E-state index is -0.0218. The van der Waals surface area contributed by atoms with Gasteiger partial charge in [0, 0.05) is 11.8 Å². The molecule has 25 heavy (non-hydrogen) atoms. The number of carbonyl (C=O) groups excluding carboxylic acids is 1. The Morgan fingerprint density at radius 1 is 1.16 bits per heavy atom. The molecular weight excluding hydrogens is 336 g/mol. The van der Waals surface area contributed by atoms with E-state index in [2.05, 4.69) is 29.7 Å². The first-order valence-corrected chi connectivity index (χ1v) is 8.48. The van der Waals surface area contributed by atoms with E-state index >= 15 is 0 Å². The highest BCUT2D eigenvalue weighted by atomic mass is 35.5. The molecule has 2 aromatic rings. The molecule has 0 spiro atoms. The topological polar surface area (TPSA) is 50.4 Å². The first-order valence-electron chi connectivity index (χ1n) is 8.48. The van der Waals surface area contributed by atoms with Crippen LogP contribution in [0.1, 0.15) is 24.0 Å². The average Bonchev–Trinajstić information content (AvgIpc) is 3.38. The molecule has 2 aromatic carbocycles. The third kappa shape index (κ3) is 6.77. The Hall–Kier alpha value is -2.04. The maximum atomic E-state index is 11.9. The number of hydrogen-bond donors (Lipinski definition) is 2. The second-order valence-electron chi connectivity index (χ2n) is 6.43. The lowest BCUT2D eigenvalue weighted by atomic mass is 10.1. The Bertz CT molecular complexity index is 702. The highest BCUT2D eigenvalue weighted by molar-refractivity contribution is 5.92. The van der Waals surface area contributed by atoms with Gasteiger partial charge in [-0.1, -0.05) is 35.9 Å². The summed E-state index contributed by atoms with van der Waals surface area (Å²) in [5.41, 5.74) is 3.11. The summed E-state index contributed by atoms with van der Waals surface area (Å²) in [7, 11) is 0. The molecule has 1 aliphatic rings. The van der Waals surface area contributed by atoms with E-state index in [4.69, 9.17) is 4.74 Å². The zero-order valence-electron chi connectivity index (χ0n) is 14.5. The molecule has 1 fully saturated rings. The smallest absolute Gasteiger partial charge is 0.238 e. The summed E-state index contributed by atoms with van der Waals surface area (Å²) in [6, 6.07) is 15.8. The maximum absolute atomic E-state index is 11.9. The zero-order valence-corrected chi connectivity index (χ0v) is 15.3. The SMILES string of the molecule is Cc1cccc(COc2cccc(NC(=O)CNCC3CC3)c2)c1.Cl. The lowest BCUT2D eigenvalue weighted by molar-refractivity contribution is -0.115. The molecule has 5 heteroatoms. The minimum Gasteiger partial charge on any atom is -0.489 e. The monoisotopic (exact) mass is 360 g/mol. The van der Waals surface area contributed by atoms with Crippen LogP contribution in [0.15, 0.2) is 48.5 Å². The van der Waals surface area contributed by atoms with Crippen molar-refractivity contribution in [1.82, 2.24) is 5.32 Å². The van der Waals surface area contributed by atoms with Crippen molar-refractivity contribution in [2.45, 2.75) is 26.4 Å². The first kappa shape index (κ1) is 19.3. The molecule has 134 valence electrons. The van der Waals surface area contributed by atoms with E-state index in [1.807, 2.05) is 36.4 Å². The molecule has 0 heterocycles. The van der Waals surface area contributed by atoms with Gasteiger partial charge in [-0.25, -0.2) is 0 Å². The molecular formula is C20H25ClN2O2. The largest absolute Gasteiger partial charge is 0.489 e. The summed E-state index contributed by atoms with van der Waals surface area (Å²) in [5.74, 6) is 1.50. The predicted molar refractivity (Wildman–Crippen MR) is 103 cm³/mol. The van der Waals surface area contributed by atoms with Crippen LogP contribution in [0.4, 0.5) is 5.69 Å². The molecule has 0 bridgehead atoms. The Morgan fingerprint density at radius 3 is 2.72 bits per heavy atom. The van der Waals surface area contributed by atoms with Crippen molar-refractivity contribution in [3.8, 4) is 5.75 Å². The molecule has 1 aliphatic carbocycles. The number of benzene rings is 2. The van der Waals surface area contributed by atoms with Crippen molar-refractivity contribution in [2.24, 2.45) is 5.92 Å². The lowest BCUT2D eigenvalue weighted by Gasteiger charge is -2.10. The number of rotatable bonds is 8. The van der Waals surface area contributed by atoms with Gasteiger partial charge in [0.25, 0.3) is 0 Å². The fourth-order valence-corrected chi connectivity index (χ4v) is 2.55. The summed E-state index contributed by atoms with van der Waals surface area (Å²) in [4.78, 5) is 11.9. The third-order valence-corrected chi connectivity index (χ3v) is 4.02. The van der Waals surface area contributed by atoms with Gasteiger partial charge >= 0.3 is 0 Å². The van der Waals surface area contributed by atoms with Gasteiger partial charge < -0.3 is 15.4 Å². The van der Waals surface area contributed by atoms with Gasteiger partial charge in [-0.05, 0) is 49.9 Å². The lowest BCUT2D eigenvalue weighted by Crippen LogP contribution is -2.29. The van der Waals surface area contributed by atoms with Crippen LogP contribution in [0.2, 0.25) is 0 Å². The summed E-state index contributed by atoms with van der Waals surface area (Å²) in [5, 5.41) is 6.09. The molecule has 0 unspecified atom stereocenters. The quantitative estimate of drug-likeness (QED) is 0.749. The van der Waals surface area contributed by atoms with E-state index in [1.54, 1.807) is 0 Å². The van der Waals surface area contributed by atoms with E-state index in [9.17, 15) is 4.79 Å². The van der Waals surface area contributed by atoms with Gasteiger partial charge in [-0.3, -0.25) is 4.79 Å². The fourth-order valence-electron chi connectivity index (χ4n) is 2.55. The molecule has 0 aliphatic heterocycles. The van der Waals surface area contributed by atoms with Crippen molar-refractivity contribution in [3.63, 3.8) is 0 Å². The number of ether oxygens (including phenoxy) is 1. The Morgan fingerprint density at radius 2 is 1.96 bits per heavy atom. The van der Waals surface area contributed by atoms with Gasteiger partial charge in [0.15, 0.2) is 0 Å². The van der Waals surface area contributed by atoms with Crippen LogP contribution < -0.4 is 15.4 Å². The van der Waals surface area contributed by atoms with Crippen molar-refractivity contribution >= 4 is 24.0 Å². The number of nitrogens with one attached hydrogen (secondary N) is 2. The standard InChI is InChI=1S/C20H24N2O2.ClH/c1-15-4-2-5-17(10-15)14-24-19-7-3-6-18(11-19)22-20(23)13-21-12-16-8-9-16;/h2-7,10-11,16,21H,8-9,12-14H2,1H3,(H,22,23);1H. The second kappa shape index (κ2) is 9.44. The van der Waals surface area contributed by atoms with Crippen LogP contribution in [0.5, 0.6) is 5.75 Å². The van der Waals surface area contributed by atoms with Gasteiger partial charge in [-0.15, -0.1) is 12.4 Å². The Balaban J connectivity index is 0.00000225. The van der Waals surface area contributed by atoms with E-state index in [0.29, 0.717) is 13.2 Å². The van der Waals surface area contributed by atoms with E-state index in [1.165, 1.54) is 18.4 Å². The summed E-state index contributed by atoms with van der Waals surface area (Å²) >= 11 is 0. The molecule has 0 aromatic heterocycles. The normalized spacial score (nSPS) is 13.0. The van der Waals surface area contributed by atoms with Crippen molar-refractivity contribution in [1.29, 1.82) is 0 Å². The maximum Gasteiger partial charge on any atom is 0.238 e. The van der Waals surface area contributed by atoms with Gasteiger partial charge in [0.05, 0.1) is 6.54 Å². The molecule has 3 rings (SSSR count). The van der Waals surface area contributed by atoms with Crippen molar-refractivity contribution < 1.29 is 9.53 Å². The molecule has 1 saturated carbocycles. The van der Waals surface area contributed by atoms with Crippen LogP contribution in [-0.2, 0) is 11.4 Å². The number of amides is 1. The highest BCUT2D eigenvalue weighted by Gasteiger charge is 2.20. The number of aryl methyl sites for hydroxylation is 1. The van der Waals surface area contributed by atoms with Gasteiger partial charge in [0.1, 0.15) is 12.4 Å². The molecule has 0 radical (unpaired) electrons. The van der Waals surface area contributed by atoms with Crippen LogP contribution in [0.25, 0.3) is 0 Å². The fraction of sp³-hybridized carbons (Fsp3) is 0.350. The number of anilines is 1. The second-order valence-corrected chi connectivity index (χ2v) is 6.43. The van der Waals surface area contributed by atoms with Crippen LogP contribution in [0, 0.1) is 12.8 Å². The van der Waals surface area contributed by atoms with Gasteiger partial charge in [0.2, 0.25) is 5.91 Å². The molecule has 0 atom stereocenters. The van der Waals surface area contributed by atoms with E-state index in [0.717, 1.165) is 29.5 Å². The molecule has 2 N–H and O–H groups in total. The van der Waals surface area contributed by atoms with Crippen LogP contribution in [0.3, 0.4) is 0 Å². The molecule has 4 nitrogen and oxygen atoms in total. The van der Waals surface area contributed by atoms with Crippen LogP contribution in [-0.4, -0.2) is 19.0 Å². The first-order chi connectivity index (χ1) is 11.7. The third-order valence-electron chi connectivity index (χ3n) is 4.02. The number of carbonyl (C=O) groups is 1. The molecule has 1 amide bonds. The number of hydrogen-bond acceptors (Lipinski definition) is 3. The van der Waals surface area contributed by atoms with Crippen molar-refractivity contribution in [2.75, 3.05) is 18.4 Å². The van der Waals surface area contributed by atoms with Gasteiger partial charge in [-0.2, -0.15) is 0 Å². The zero-order chi connectivity index (χ0) is 16.8. The predicted octanol–water partition coefficient (Wildman–Crippen LogP) is 3.93. The van der Waals surface area contributed by atoms with E-state index < -0.39 is 0 Å². The summed E-state index contributed by atoms with van der Waals surface area (Å²) in [6.07, 6.45) is 2.57. The molecule has 0 saturated heterocycles. The Kier molecular flexibility index (Phi) is 7.29. The van der Waals surface area contributed by atoms with Crippen LogP contribution >= 0.6 is 12.4 Å². The number of halogens is 1. The summed E-state index contributed by atoms with van der Waals surface area (Å²) in [6.45, 7) is 3.87. The minimum absolute atomic E-state index is 0. The Labute approximate surface area is 155 Å². The summed E-state index contributed by atoms with van der Waals surface area (Å²) < 4.78 is 5.82.